The summed E-state index contributed by atoms with van der Waals surface area (Å²) in [6.07, 6.45) is 0.151. The molecule has 1 aliphatic heterocycles. The molecule has 2 amide bonds. The van der Waals surface area contributed by atoms with Crippen molar-refractivity contribution in [2.24, 2.45) is 5.92 Å². The van der Waals surface area contributed by atoms with Gasteiger partial charge in [0.1, 0.15) is 0 Å². The fraction of sp³-hybridized carbons (Fsp3) is 0.304. The van der Waals surface area contributed by atoms with Crippen molar-refractivity contribution >= 4 is 23.4 Å². The number of ketones is 2. The van der Waals surface area contributed by atoms with Gasteiger partial charge in [-0.05, 0) is 18.6 Å². The van der Waals surface area contributed by atoms with Gasteiger partial charge in [0.15, 0.2) is 11.6 Å². The van der Waals surface area contributed by atoms with E-state index in [0.717, 1.165) is 4.90 Å². The zero-order valence-corrected chi connectivity index (χ0v) is 16.7. The molecular formula is C23H25NO4. The molecule has 1 aliphatic carbocycles. The first kappa shape index (κ1) is 21.2. The molecule has 5 nitrogen and oxygen atoms in total. The normalized spacial score (nSPS) is 14.8. The Morgan fingerprint density at radius 3 is 1.39 bits per heavy atom. The molecule has 0 bridgehead atoms. The third-order valence-electron chi connectivity index (χ3n) is 4.61. The van der Waals surface area contributed by atoms with E-state index >= 15 is 0 Å². The van der Waals surface area contributed by atoms with Crippen molar-refractivity contribution in [3.8, 4) is 0 Å². The highest BCUT2D eigenvalue weighted by Crippen LogP contribution is 2.30. The molecule has 0 aromatic heterocycles. The molecule has 0 fully saturated rings. The third-order valence-corrected chi connectivity index (χ3v) is 4.61. The van der Waals surface area contributed by atoms with E-state index in [2.05, 4.69) is 0 Å². The number of benzene rings is 2. The van der Waals surface area contributed by atoms with Crippen LogP contribution in [0.25, 0.3) is 0 Å². The van der Waals surface area contributed by atoms with Gasteiger partial charge >= 0.3 is 0 Å². The number of nitrogens with zero attached hydrogens (tertiary/aromatic N) is 1. The van der Waals surface area contributed by atoms with Crippen LogP contribution in [0, 0.1) is 5.92 Å². The number of hydrogen-bond donors (Lipinski definition) is 0. The Morgan fingerprint density at radius 1 is 0.643 bits per heavy atom. The molecule has 4 rings (SSSR count). The summed E-state index contributed by atoms with van der Waals surface area (Å²) in [4.78, 5) is 50.5. The third kappa shape index (κ3) is 3.52. The summed E-state index contributed by atoms with van der Waals surface area (Å²) in [5, 5.41) is 0. The lowest BCUT2D eigenvalue weighted by Gasteiger charge is -2.15. The molecule has 0 spiro atoms. The number of carbonyl (C=O) groups excluding carboxylic acids is 4. The van der Waals surface area contributed by atoms with E-state index in [0.29, 0.717) is 22.3 Å². The first-order valence-corrected chi connectivity index (χ1v) is 9.72. The zero-order chi connectivity index (χ0) is 20.8. The summed E-state index contributed by atoms with van der Waals surface area (Å²) >= 11 is 0. The number of amides is 2. The Hall–Kier alpha value is -3.08. The number of carbonyl (C=O) groups is 4. The standard InChI is InChI=1S/C19H13NO4.2C2H6/c21-16-11-5-1-2-6-12(11)17(22)15(16)9-10-20-18(23)13-7-3-4-8-14(13)19(20)24;2*1-2/h1-8,15H,9-10H2;2*1-2H3. The van der Waals surface area contributed by atoms with Gasteiger partial charge in [0, 0.05) is 17.7 Å². The Balaban J connectivity index is 0.000000660. The largest absolute Gasteiger partial charge is 0.293 e. The number of hydrogen-bond acceptors (Lipinski definition) is 4. The smallest absolute Gasteiger partial charge is 0.261 e. The highest BCUT2D eigenvalue weighted by molar-refractivity contribution is 6.26. The van der Waals surface area contributed by atoms with Crippen molar-refractivity contribution in [2.45, 2.75) is 34.1 Å². The molecule has 2 aliphatic rings. The van der Waals surface area contributed by atoms with E-state index in [1.54, 1.807) is 48.5 Å². The topological polar surface area (TPSA) is 71.5 Å². The Kier molecular flexibility index (Phi) is 6.99. The van der Waals surface area contributed by atoms with Crippen LogP contribution in [0.1, 0.15) is 75.5 Å². The van der Waals surface area contributed by atoms with Crippen LogP contribution in [0.15, 0.2) is 48.5 Å². The van der Waals surface area contributed by atoms with Crippen LogP contribution in [0.4, 0.5) is 0 Å². The van der Waals surface area contributed by atoms with E-state index < -0.39 is 5.92 Å². The maximum absolute atomic E-state index is 12.4. The number of Topliss-reactive ketones (excluding diaryl/α,β-unsaturated/α-hetero) is 2. The molecule has 146 valence electrons. The Bertz CT molecular complexity index is 771. The fourth-order valence-electron chi connectivity index (χ4n) is 3.37. The average Bonchev–Trinajstić information content (AvgIpc) is 3.15. The molecule has 0 atom stereocenters. The molecule has 28 heavy (non-hydrogen) atoms. The molecule has 5 heteroatoms. The van der Waals surface area contributed by atoms with Gasteiger partial charge in [0.05, 0.1) is 17.0 Å². The molecule has 0 N–H and O–H groups in total. The van der Waals surface area contributed by atoms with E-state index in [9.17, 15) is 19.2 Å². The van der Waals surface area contributed by atoms with E-state index in [-0.39, 0.29) is 36.3 Å². The second-order valence-electron chi connectivity index (χ2n) is 5.92. The molecule has 0 saturated carbocycles. The van der Waals surface area contributed by atoms with Crippen LogP contribution in [-0.4, -0.2) is 34.8 Å². The maximum Gasteiger partial charge on any atom is 0.261 e. The van der Waals surface area contributed by atoms with Gasteiger partial charge in [0.25, 0.3) is 11.8 Å². The van der Waals surface area contributed by atoms with E-state index in [4.69, 9.17) is 0 Å². The molecule has 0 saturated heterocycles. The first-order valence-electron chi connectivity index (χ1n) is 9.72. The van der Waals surface area contributed by atoms with Crippen LogP contribution in [-0.2, 0) is 0 Å². The summed E-state index contributed by atoms with van der Waals surface area (Å²) in [7, 11) is 0. The van der Waals surface area contributed by atoms with Crippen molar-refractivity contribution in [3.05, 3.63) is 70.8 Å². The SMILES string of the molecule is CC.CC.O=C1c2ccccc2C(=O)C1CCN1C(=O)c2ccccc2C1=O. The lowest BCUT2D eigenvalue weighted by Crippen LogP contribution is -2.33. The molecule has 2 aromatic carbocycles. The Morgan fingerprint density at radius 2 is 1.00 bits per heavy atom. The number of imide groups is 1. The van der Waals surface area contributed by atoms with E-state index in [1.807, 2.05) is 27.7 Å². The van der Waals surface area contributed by atoms with Crippen LogP contribution in [0.3, 0.4) is 0 Å². The number of fused-ring (bicyclic) bond motifs is 2. The quantitative estimate of drug-likeness (QED) is 0.585. The van der Waals surface area contributed by atoms with Crippen molar-refractivity contribution in [1.82, 2.24) is 4.90 Å². The molecule has 0 radical (unpaired) electrons. The minimum atomic E-state index is -0.813. The summed E-state index contributed by atoms with van der Waals surface area (Å²) in [5.74, 6) is -2.01. The monoisotopic (exact) mass is 379 g/mol. The zero-order valence-electron chi connectivity index (χ0n) is 16.7. The molecular weight excluding hydrogens is 354 g/mol. The molecule has 0 unspecified atom stereocenters. The second kappa shape index (κ2) is 9.22. The van der Waals surface area contributed by atoms with Crippen LogP contribution < -0.4 is 0 Å². The predicted octanol–water partition coefficient (Wildman–Crippen LogP) is 4.42. The summed E-state index contributed by atoms with van der Waals surface area (Å²) in [6, 6.07) is 13.3. The van der Waals surface area contributed by atoms with Gasteiger partial charge in [-0.1, -0.05) is 64.1 Å². The van der Waals surface area contributed by atoms with Gasteiger partial charge in [0.2, 0.25) is 0 Å². The van der Waals surface area contributed by atoms with Crippen LogP contribution in [0.5, 0.6) is 0 Å². The van der Waals surface area contributed by atoms with Gasteiger partial charge in [-0.3, -0.25) is 24.1 Å². The van der Waals surface area contributed by atoms with Crippen molar-refractivity contribution < 1.29 is 19.2 Å². The minimum absolute atomic E-state index is 0.0580. The van der Waals surface area contributed by atoms with Crippen molar-refractivity contribution in [1.29, 1.82) is 0 Å². The van der Waals surface area contributed by atoms with Crippen LogP contribution in [0.2, 0.25) is 0 Å². The van der Waals surface area contributed by atoms with Gasteiger partial charge < -0.3 is 0 Å². The highest BCUT2D eigenvalue weighted by Gasteiger charge is 2.40. The summed E-state index contributed by atoms with van der Waals surface area (Å²) in [6.45, 7) is 8.06. The summed E-state index contributed by atoms with van der Waals surface area (Å²) in [5.41, 5.74) is 1.59. The first-order chi connectivity index (χ1) is 13.6. The lowest BCUT2D eigenvalue weighted by atomic mass is 9.99. The average molecular weight is 379 g/mol. The molecule has 1 heterocycles. The van der Waals surface area contributed by atoms with Gasteiger partial charge in [-0.25, -0.2) is 0 Å². The van der Waals surface area contributed by atoms with Gasteiger partial charge in [-0.2, -0.15) is 0 Å². The lowest BCUT2D eigenvalue weighted by molar-refractivity contribution is 0.0626. The minimum Gasteiger partial charge on any atom is -0.293 e. The summed E-state index contributed by atoms with van der Waals surface area (Å²) < 4.78 is 0. The van der Waals surface area contributed by atoms with E-state index in [1.165, 1.54) is 0 Å². The van der Waals surface area contributed by atoms with Crippen molar-refractivity contribution in [2.75, 3.05) is 6.54 Å². The Labute approximate surface area is 165 Å². The van der Waals surface area contributed by atoms with Crippen LogP contribution >= 0.6 is 0 Å². The number of rotatable bonds is 3. The highest BCUT2D eigenvalue weighted by atomic mass is 16.2. The van der Waals surface area contributed by atoms with Crippen molar-refractivity contribution in [3.63, 3.8) is 0 Å². The predicted molar refractivity (Wildman–Crippen MR) is 108 cm³/mol. The second-order valence-corrected chi connectivity index (χ2v) is 5.92. The maximum atomic E-state index is 12.4. The van der Waals surface area contributed by atoms with Gasteiger partial charge in [-0.15, -0.1) is 0 Å². The molecule has 2 aromatic rings. The fourth-order valence-corrected chi connectivity index (χ4v) is 3.37.